The van der Waals surface area contributed by atoms with Crippen molar-refractivity contribution in [3.05, 3.63) is 71.1 Å². The smallest absolute Gasteiger partial charge is 0.261 e. The van der Waals surface area contributed by atoms with Crippen molar-refractivity contribution in [2.75, 3.05) is 11.6 Å². The lowest BCUT2D eigenvalue weighted by Crippen LogP contribution is -2.29. The van der Waals surface area contributed by atoms with Gasteiger partial charge in [0.15, 0.2) is 0 Å². The van der Waals surface area contributed by atoms with Crippen LogP contribution >= 0.6 is 11.6 Å². The summed E-state index contributed by atoms with van der Waals surface area (Å²) in [5.74, 6) is 0.492. The van der Waals surface area contributed by atoms with Gasteiger partial charge in [-0.2, -0.15) is 8.42 Å². The van der Waals surface area contributed by atoms with Crippen LogP contribution in [-0.4, -0.2) is 35.6 Å². The van der Waals surface area contributed by atoms with E-state index in [-0.39, 0.29) is 23.1 Å². The van der Waals surface area contributed by atoms with Crippen LogP contribution in [0.3, 0.4) is 0 Å². The van der Waals surface area contributed by atoms with Gasteiger partial charge in [-0.25, -0.2) is 4.39 Å². The van der Waals surface area contributed by atoms with Crippen molar-refractivity contribution in [2.24, 2.45) is 11.8 Å². The van der Waals surface area contributed by atoms with E-state index in [2.05, 4.69) is 10.3 Å². The molecule has 0 bridgehead atoms. The average Bonchev–Trinajstić information content (AvgIpc) is 2.78. The zero-order valence-electron chi connectivity index (χ0n) is 19.5. The SMILES string of the molecule is CS(=O)(=O)O.C[C@@H](C(=O)Nc1ccc(Cl)cc1)C1CCC(c2ccnc3ccc(F)cc23)CC1.O. The summed E-state index contributed by atoms with van der Waals surface area (Å²) in [6, 6.07) is 14.0. The highest BCUT2D eigenvalue weighted by molar-refractivity contribution is 7.85. The van der Waals surface area contributed by atoms with Gasteiger partial charge < -0.3 is 10.8 Å². The Morgan fingerprint density at radius 2 is 1.71 bits per heavy atom. The fraction of sp³-hybridized carbons (Fsp3) is 0.360. The van der Waals surface area contributed by atoms with Gasteiger partial charge in [0.1, 0.15) is 5.82 Å². The molecule has 1 fully saturated rings. The first-order valence-corrected chi connectivity index (χ1v) is 13.3. The molecule has 190 valence electrons. The molecule has 7 nitrogen and oxygen atoms in total. The molecule has 10 heteroatoms. The number of pyridine rings is 1. The van der Waals surface area contributed by atoms with Crippen molar-refractivity contribution in [3.63, 3.8) is 0 Å². The largest absolute Gasteiger partial charge is 0.412 e. The van der Waals surface area contributed by atoms with Crippen molar-refractivity contribution in [1.82, 2.24) is 4.98 Å². The Morgan fingerprint density at radius 1 is 1.11 bits per heavy atom. The summed E-state index contributed by atoms with van der Waals surface area (Å²) >= 11 is 5.90. The summed E-state index contributed by atoms with van der Waals surface area (Å²) < 4.78 is 39.6. The fourth-order valence-corrected chi connectivity index (χ4v) is 4.56. The normalized spacial score (nSPS) is 18.5. The molecule has 0 radical (unpaired) electrons. The maximum absolute atomic E-state index is 13.8. The molecule has 1 amide bonds. The van der Waals surface area contributed by atoms with Crippen LogP contribution in [0.25, 0.3) is 10.9 Å². The molecule has 35 heavy (non-hydrogen) atoms. The van der Waals surface area contributed by atoms with Crippen molar-refractivity contribution in [2.45, 2.75) is 38.5 Å². The third-order valence-electron chi connectivity index (χ3n) is 6.18. The Kier molecular flexibility index (Phi) is 10.1. The summed E-state index contributed by atoms with van der Waals surface area (Å²) in [7, 11) is -3.67. The topological polar surface area (TPSA) is 128 Å². The fourth-order valence-electron chi connectivity index (χ4n) is 4.43. The van der Waals surface area contributed by atoms with Gasteiger partial charge in [0.05, 0.1) is 11.8 Å². The minimum absolute atomic E-state index is 0. The zero-order chi connectivity index (χ0) is 24.9. The monoisotopic (exact) mass is 524 g/mol. The van der Waals surface area contributed by atoms with Crippen molar-refractivity contribution < 1.29 is 27.6 Å². The van der Waals surface area contributed by atoms with Crippen LogP contribution in [0.15, 0.2) is 54.7 Å². The van der Waals surface area contributed by atoms with E-state index in [9.17, 15) is 17.6 Å². The standard InChI is InChI=1S/C24H24ClFN2O.CH4O3S.H2O/c1-15(24(29)28-20-9-6-18(25)7-10-20)16-2-4-17(5-3-16)21-12-13-27-23-11-8-19(26)14-22(21)23;1-5(2,3)4;/h6-17H,2-5H2,1H3,(H,28,29);1H3,(H,2,3,4);1H2/t15-,16?,17?;;/m1../s1. The van der Waals surface area contributed by atoms with Gasteiger partial charge in [0.25, 0.3) is 10.1 Å². The third-order valence-corrected chi connectivity index (χ3v) is 6.43. The van der Waals surface area contributed by atoms with Crippen molar-refractivity contribution >= 4 is 44.2 Å². The van der Waals surface area contributed by atoms with Gasteiger partial charge in [-0.1, -0.05) is 18.5 Å². The molecule has 1 aliphatic rings. The van der Waals surface area contributed by atoms with E-state index in [0.717, 1.165) is 42.3 Å². The highest BCUT2D eigenvalue weighted by Crippen LogP contribution is 2.41. The Bertz CT molecular complexity index is 1240. The lowest BCUT2D eigenvalue weighted by Gasteiger charge is -2.32. The molecular weight excluding hydrogens is 495 g/mol. The molecule has 0 aliphatic heterocycles. The summed E-state index contributed by atoms with van der Waals surface area (Å²) in [5, 5.41) is 4.55. The van der Waals surface area contributed by atoms with Gasteiger partial charge in [-0.3, -0.25) is 14.3 Å². The number of carbonyl (C=O) groups is 1. The average molecular weight is 525 g/mol. The molecular formula is C25H30ClFN2O5S. The van der Waals surface area contributed by atoms with E-state index in [1.54, 1.807) is 24.3 Å². The molecule has 0 unspecified atom stereocenters. The van der Waals surface area contributed by atoms with Gasteiger partial charge >= 0.3 is 0 Å². The van der Waals surface area contributed by atoms with Crippen LogP contribution in [0.2, 0.25) is 5.02 Å². The van der Waals surface area contributed by atoms with Gasteiger partial charge in [0.2, 0.25) is 5.91 Å². The number of amides is 1. The van der Waals surface area contributed by atoms with E-state index in [0.29, 0.717) is 23.1 Å². The molecule has 1 atom stereocenters. The minimum atomic E-state index is -3.67. The van der Waals surface area contributed by atoms with Crippen LogP contribution in [0.4, 0.5) is 10.1 Å². The molecule has 1 aliphatic carbocycles. The molecule has 4 N–H and O–H groups in total. The molecule has 1 saturated carbocycles. The second-order valence-electron chi connectivity index (χ2n) is 8.69. The first-order chi connectivity index (χ1) is 16.0. The van der Waals surface area contributed by atoms with Crippen LogP contribution in [0.5, 0.6) is 0 Å². The number of fused-ring (bicyclic) bond motifs is 1. The highest BCUT2D eigenvalue weighted by Gasteiger charge is 2.30. The number of nitrogens with one attached hydrogen (secondary N) is 1. The highest BCUT2D eigenvalue weighted by atomic mass is 35.5. The number of hydrogen-bond acceptors (Lipinski definition) is 4. The Labute approximate surface area is 209 Å². The second kappa shape index (κ2) is 12.4. The van der Waals surface area contributed by atoms with E-state index in [1.807, 2.05) is 31.3 Å². The molecule has 1 aromatic heterocycles. The molecule has 3 aromatic rings. The lowest BCUT2D eigenvalue weighted by atomic mass is 9.73. The molecule has 1 heterocycles. The van der Waals surface area contributed by atoms with E-state index in [1.165, 1.54) is 11.6 Å². The molecule has 0 spiro atoms. The summed E-state index contributed by atoms with van der Waals surface area (Å²) in [4.78, 5) is 17.0. The van der Waals surface area contributed by atoms with E-state index >= 15 is 0 Å². The second-order valence-corrected chi connectivity index (χ2v) is 10.6. The maximum atomic E-state index is 13.8. The van der Waals surface area contributed by atoms with Crippen LogP contribution in [0.1, 0.15) is 44.1 Å². The summed E-state index contributed by atoms with van der Waals surface area (Å²) in [6.45, 7) is 2.01. The van der Waals surface area contributed by atoms with Crippen LogP contribution < -0.4 is 5.32 Å². The number of halogens is 2. The first-order valence-electron chi connectivity index (χ1n) is 11.0. The van der Waals surface area contributed by atoms with Crippen LogP contribution in [-0.2, 0) is 14.9 Å². The third kappa shape index (κ3) is 8.54. The maximum Gasteiger partial charge on any atom is 0.261 e. The van der Waals surface area contributed by atoms with E-state index in [4.69, 9.17) is 16.2 Å². The van der Waals surface area contributed by atoms with Gasteiger partial charge in [-0.05, 0) is 91.6 Å². The van der Waals surface area contributed by atoms with Gasteiger partial charge in [-0.15, -0.1) is 0 Å². The molecule has 0 saturated heterocycles. The number of rotatable bonds is 4. The number of anilines is 1. The zero-order valence-corrected chi connectivity index (χ0v) is 21.1. The number of carbonyl (C=O) groups excluding carboxylic acids is 1. The predicted octanol–water partition coefficient (Wildman–Crippen LogP) is 5.26. The Morgan fingerprint density at radius 3 is 2.31 bits per heavy atom. The minimum Gasteiger partial charge on any atom is -0.412 e. The van der Waals surface area contributed by atoms with Crippen LogP contribution in [0, 0.1) is 17.7 Å². The van der Waals surface area contributed by atoms with Crippen molar-refractivity contribution in [1.29, 1.82) is 0 Å². The quantitative estimate of drug-likeness (QED) is 0.450. The molecule has 4 rings (SSSR count). The van der Waals surface area contributed by atoms with E-state index < -0.39 is 10.1 Å². The van der Waals surface area contributed by atoms with Gasteiger partial charge in [0, 0.05) is 28.2 Å². The first kappa shape index (κ1) is 28.6. The molecule has 2 aromatic carbocycles. The number of benzene rings is 2. The lowest BCUT2D eigenvalue weighted by molar-refractivity contribution is -0.121. The summed E-state index contributed by atoms with van der Waals surface area (Å²) in [5.41, 5.74) is 2.78. The number of nitrogens with zero attached hydrogens (tertiary/aromatic N) is 1. The van der Waals surface area contributed by atoms with Crippen molar-refractivity contribution in [3.8, 4) is 0 Å². The predicted molar refractivity (Wildman–Crippen MR) is 137 cm³/mol. The summed E-state index contributed by atoms with van der Waals surface area (Å²) in [6.07, 6.45) is 6.49. The number of aromatic nitrogens is 1. The Balaban J connectivity index is 0.000000656. The Hall–Kier alpha value is -2.59. The number of hydrogen-bond donors (Lipinski definition) is 2.